The molecule has 0 amide bonds. The molecular weight excluding hydrogens is 147 g/mol. The van der Waals surface area contributed by atoms with E-state index >= 15 is 0 Å². The van der Waals surface area contributed by atoms with Crippen LogP contribution in [0.15, 0.2) is 0 Å². The smallest absolute Gasteiger partial charge is 0.175 e. The Morgan fingerprint density at radius 2 is 1.18 bits per heavy atom. The summed E-state index contributed by atoms with van der Waals surface area (Å²) in [5.41, 5.74) is 0. The third-order valence-electron chi connectivity index (χ3n) is 2.56. The van der Waals surface area contributed by atoms with Gasteiger partial charge in [-0.2, -0.15) is 0 Å². The number of hydrogen-bond donors (Lipinski definition) is 0. The van der Waals surface area contributed by atoms with Gasteiger partial charge in [-0.15, -0.1) is 0 Å². The molecule has 4 saturated heterocycles. The topological polar surface area (TPSA) is 9.72 Å². The van der Waals surface area contributed by atoms with E-state index in [1.54, 1.807) is 0 Å². The lowest BCUT2D eigenvalue weighted by atomic mass is 10.4. The first kappa shape index (κ1) is 6.30. The lowest BCUT2D eigenvalue weighted by molar-refractivity contribution is -1.10. The summed E-state index contributed by atoms with van der Waals surface area (Å²) in [5, 5.41) is 0. The fourth-order valence-corrected chi connectivity index (χ4v) is 2.46. The molecule has 4 heterocycles. The number of hydrogen-bond acceptors (Lipinski definition) is 3. The summed E-state index contributed by atoms with van der Waals surface area (Å²) in [5.74, 6) is 0. The Bertz CT molecular complexity index is 160. The maximum atomic E-state index is 13.7. The van der Waals surface area contributed by atoms with Gasteiger partial charge in [-0.1, -0.05) is 4.71 Å². The lowest BCUT2D eigenvalue weighted by Crippen LogP contribution is -2.76. The van der Waals surface area contributed by atoms with Gasteiger partial charge in [0.15, 0.2) is 20.0 Å². The molecule has 5 heteroatoms. The molecule has 4 bridgehead atoms. The molecular formula is C6H12FN4+. The largest absolute Gasteiger partial charge is 0.227 e. The normalized spacial score (nSPS) is 60.3. The first-order valence-electron chi connectivity index (χ1n) is 3.96. The standard InChI is InChI=1S/C6H12FN4/c7-11-4-8-1-9(5-11)3-10(2-8)6-11/h1-6H2/q+1. The van der Waals surface area contributed by atoms with E-state index in [9.17, 15) is 4.48 Å². The molecule has 0 aromatic heterocycles. The Morgan fingerprint density at radius 1 is 0.818 bits per heavy atom. The van der Waals surface area contributed by atoms with Crippen molar-refractivity contribution in [3.8, 4) is 0 Å². The predicted molar refractivity (Wildman–Crippen MR) is 36.1 cm³/mol. The Labute approximate surface area is 64.9 Å². The summed E-state index contributed by atoms with van der Waals surface area (Å²) in [6.07, 6.45) is 0. The molecule has 0 saturated carbocycles. The average molecular weight is 159 g/mol. The summed E-state index contributed by atoms with van der Waals surface area (Å²) in [4.78, 5) is 6.45. The molecule has 0 radical (unpaired) electrons. The van der Waals surface area contributed by atoms with Crippen LogP contribution in [0.4, 0.5) is 4.48 Å². The molecule has 4 aliphatic rings. The van der Waals surface area contributed by atoms with E-state index in [-0.39, 0.29) is 4.71 Å². The van der Waals surface area contributed by atoms with Gasteiger partial charge in [-0.25, -0.2) is 14.7 Å². The summed E-state index contributed by atoms with van der Waals surface area (Å²) in [6.45, 7) is 4.65. The van der Waals surface area contributed by atoms with Gasteiger partial charge in [-0.3, -0.25) is 0 Å². The SMILES string of the molecule is F[N+]12CN3CN(CN(C3)C1)C2. The van der Waals surface area contributed by atoms with Gasteiger partial charge < -0.3 is 0 Å². The molecule has 0 atom stereocenters. The monoisotopic (exact) mass is 159 g/mol. The molecule has 4 aliphatic heterocycles. The van der Waals surface area contributed by atoms with E-state index in [1.807, 2.05) is 0 Å². The summed E-state index contributed by atoms with van der Waals surface area (Å²) in [6, 6.07) is 0. The molecule has 0 aromatic rings. The quantitative estimate of drug-likeness (QED) is 0.436. The highest BCUT2D eigenvalue weighted by molar-refractivity contribution is 4.71. The zero-order valence-corrected chi connectivity index (χ0v) is 6.41. The van der Waals surface area contributed by atoms with Crippen LogP contribution in [0.5, 0.6) is 0 Å². The van der Waals surface area contributed by atoms with Gasteiger partial charge in [0, 0.05) is 0 Å². The number of quaternary nitrogens is 1. The minimum absolute atomic E-state index is 0.292. The van der Waals surface area contributed by atoms with Gasteiger partial charge in [0.05, 0.1) is 20.0 Å². The van der Waals surface area contributed by atoms with Crippen LogP contribution in [-0.4, -0.2) is 59.4 Å². The van der Waals surface area contributed by atoms with Crippen LogP contribution in [0.2, 0.25) is 0 Å². The first-order valence-corrected chi connectivity index (χ1v) is 3.96. The number of nitrogens with zero attached hydrogens (tertiary/aromatic N) is 4. The van der Waals surface area contributed by atoms with Gasteiger partial charge in [0.25, 0.3) is 0 Å². The van der Waals surface area contributed by atoms with Crippen molar-refractivity contribution in [2.75, 3.05) is 40.0 Å². The lowest BCUT2D eigenvalue weighted by Gasteiger charge is -2.55. The van der Waals surface area contributed by atoms with E-state index in [1.165, 1.54) is 0 Å². The van der Waals surface area contributed by atoms with Crippen LogP contribution >= 0.6 is 0 Å². The molecule has 4 fully saturated rings. The highest BCUT2D eigenvalue weighted by Crippen LogP contribution is 2.28. The van der Waals surface area contributed by atoms with E-state index in [2.05, 4.69) is 14.7 Å². The molecule has 0 spiro atoms. The van der Waals surface area contributed by atoms with Crippen LogP contribution < -0.4 is 0 Å². The highest BCUT2D eigenvalue weighted by atomic mass is 19.2. The van der Waals surface area contributed by atoms with Crippen molar-refractivity contribution in [3.05, 3.63) is 0 Å². The van der Waals surface area contributed by atoms with E-state index in [4.69, 9.17) is 0 Å². The van der Waals surface area contributed by atoms with Crippen molar-refractivity contribution in [2.24, 2.45) is 0 Å². The van der Waals surface area contributed by atoms with E-state index in [0.717, 1.165) is 20.0 Å². The van der Waals surface area contributed by atoms with Crippen LogP contribution in [0.25, 0.3) is 0 Å². The van der Waals surface area contributed by atoms with Crippen LogP contribution in [0, 0.1) is 0 Å². The third kappa shape index (κ3) is 0.823. The molecule has 0 aromatic carbocycles. The van der Waals surface area contributed by atoms with E-state index < -0.39 is 0 Å². The maximum absolute atomic E-state index is 13.7. The second-order valence-electron chi connectivity index (χ2n) is 3.89. The molecule has 0 aliphatic carbocycles. The summed E-state index contributed by atoms with van der Waals surface area (Å²) < 4.78 is 13.4. The van der Waals surface area contributed by atoms with Crippen molar-refractivity contribution in [1.29, 1.82) is 0 Å². The predicted octanol–water partition coefficient (Wildman–Crippen LogP) is -0.620. The van der Waals surface area contributed by atoms with Crippen LogP contribution in [-0.2, 0) is 0 Å². The average Bonchev–Trinajstić information content (AvgIpc) is 1.79. The second kappa shape index (κ2) is 1.74. The Kier molecular flexibility index (Phi) is 0.998. The molecule has 11 heavy (non-hydrogen) atoms. The van der Waals surface area contributed by atoms with Gasteiger partial charge >= 0.3 is 0 Å². The number of halogens is 1. The zero-order chi connectivity index (χ0) is 7.47. The van der Waals surface area contributed by atoms with Gasteiger partial charge in [-0.05, 0) is 4.48 Å². The third-order valence-corrected chi connectivity index (χ3v) is 2.56. The Hall–Kier alpha value is -0.230. The summed E-state index contributed by atoms with van der Waals surface area (Å²) >= 11 is 0. The van der Waals surface area contributed by atoms with Gasteiger partial charge in [0.1, 0.15) is 0 Å². The molecule has 0 unspecified atom stereocenters. The maximum Gasteiger partial charge on any atom is 0.175 e. The molecule has 4 rings (SSSR count). The number of rotatable bonds is 0. The Morgan fingerprint density at radius 3 is 1.45 bits per heavy atom. The first-order chi connectivity index (χ1) is 5.23. The Balaban J connectivity index is 1.94. The molecule has 62 valence electrons. The van der Waals surface area contributed by atoms with Crippen molar-refractivity contribution < 1.29 is 9.19 Å². The molecule has 4 nitrogen and oxygen atoms in total. The minimum Gasteiger partial charge on any atom is -0.227 e. The fraction of sp³-hybridized carbons (Fsp3) is 1.00. The zero-order valence-electron chi connectivity index (χ0n) is 6.41. The highest BCUT2D eigenvalue weighted by Gasteiger charge is 2.50. The van der Waals surface area contributed by atoms with E-state index in [0.29, 0.717) is 20.0 Å². The van der Waals surface area contributed by atoms with Crippen molar-refractivity contribution in [1.82, 2.24) is 14.7 Å². The van der Waals surface area contributed by atoms with Crippen molar-refractivity contribution in [3.63, 3.8) is 0 Å². The summed E-state index contributed by atoms with van der Waals surface area (Å²) in [7, 11) is 0. The second-order valence-corrected chi connectivity index (χ2v) is 3.89. The van der Waals surface area contributed by atoms with Crippen molar-refractivity contribution in [2.45, 2.75) is 0 Å². The fourth-order valence-electron chi connectivity index (χ4n) is 2.46. The van der Waals surface area contributed by atoms with Crippen LogP contribution in [0.1, 0.15) is 0 Å². The minimum atomic E-state index is -0.292. The van der Waals surface area contributed by atoms with Crippen molar-refractivity contribution >= 4 is 0 Å². The molecule has 0 N–H and O–H groups in total. The van der Waals surface area contributed by atoms with Gasteiger partial charge in [0.2, 0.25) is 0 Å². The van der Waals surface area contributed by atoms with Crippen LogP contribution in [0.3, 0.4) is 0 Å².